The van der Waals surface area contributed by atoms with Crippen LogP contribution in [0.5, 0.6) is 0 Å². The van der Waals surface area contributed by atoms with Crippen molar-refractivity contribution in [3.05, 3.63) is 12.2 Å². The predicted molar refractivity (Wildman–Crippen MR) is 64.0 cm³/mol. The molecule has 0 N–H and O–H groups in total. The highest BCUT2D eigenvalue weighted by Gasteiger charge is 2.27. The van der Waals surface area contributed by atoms with Crippen LogP contribution in [0.25, 0.3) is 0 Å². The minimum absolute atomic E-state index is 0.0188. The van der Waals surface area contributed by atoms with E-state index in [4.69, 9.17) is 0 Å². The number of amides is 1. The Labute approximate surface area is 97.5 Å². The van der Waals surface area contributed by atoms with Crippen molar-refractivity contribution >= 4 is 11.7 Å². The minimum atomic E-state index is -0.464. The highest BCUT2D eigenvalue weighted by molar-refractivity contribution is 6.00. The van der Waals surface area contributed by atoms with Crippen LogP contribution in [0.2, 0.25) is 0 Å². The summed E-state index contributed by atoms with van der Waals surface area (Å²) in [5.41, 5.74) is 0. The summed E-state index contributed by atoms with van der Waals surface area (Å²) in [6.45, 7) is 5.05. The lowest BCUT2D eigenvalue weighted by molar-refractivity contribution is -0.141. The number of likely N-dealkylation sites (tertiary alicyclic amines) is 1. The number of nitrogens with zero attached hydrogens (tertiary/aromatic N) is 1. The first-order valence-electron chi connectivity index (χ1n) is 6.07. The minimum Gasteiger partial charge on any atom is -0.342 e. The first kappa shape index (κ1) is 12.9. The van der Waals surface area contributed by atoms with E-state index >= 15 is 0 Å². The number of ketones is 1. The predicted octanol–water partition coefficient (Wildman–Crippen LogP) is 2.17. The second kappa shape index (κ2) is 6.46. The molecule has 1 amide bonds. The molecule has 1 aliphatic rings. The molecule has 0 spiro atoms. The average molecular weight is 223 g/mol. The molecule has 1 rings (SSSR count). The Bertz CT molecular complexity index is 278. The van der Waals surface area contributed by atoms with Gasteiger partial charge in [0.2, 0.25) is 5.91 Å². The monoisotopic (exact) mass is 223 g/mol. The van der Waals surface area contributed by atoms with Crippen LogP contribution in [0.1, 0.15) is 39.5 Å². The van der Waals surface area contributed by atoms with Gasteiger partial charge in [-0.05, 0) is 39.5 Å². The third-order valence-electron chi connectivity index (χ3n) is 3.06. The van der Waals surface area contributed by atoms with Crippen LogP contribution in [0.15, 0.2) is 12.2 Å². The van der Waals surface area contributed by atoms with E-state index in [0.29, 0.717) is 6.42 Å². The maximum Gasteiger partial charge on any atom is 0.233 e. The molecule has 16 heavy (non-hydrogen) atoms. The Morgan fingerprint density at radius 3 is 2.38 bits per heavy atom. The fourth-order valence-electron chi connectivity index (χ4n) is 2.05. The summed E-state index contributed by atoms with van der Waals surface area (Å²) in [5, 5.41) is 0. The highest BCUT2D eigenvalue weighted by atomic mass is 16.2. The third kappa shape index (κ3) is 3.47. The van der Waals surface area contributed by atoms with Crippen molar-refractivity contribution in [1.29, 1.82) is 0 Å². The molecule has 1 atom stereocenters. The summed E-state index contributed by atoms with van der Waals surface area (Å²) in [4.78, 5) is 25.4. The van der Waals surface area contributed by atoms with Gasteiger partial charge < -0.3 is 4.90 Å². The third-order valence-corrected chi connectivity index (χ3v) is 3.06. The lowest BCUT2D eigenvalue weighted by Crippen LogP contribution is -2.41. The Hall–Kier alpha value is -1.12. The molecular weight excluding hydrogens is 202 g/mol. The van der Waals surface area contributed by atoms with Gasteiger partial charge in [0, 0.05) is 13.1 Å². The van der Waals surface area contributed by atoms with E-state index in [0.717, 1.165) is 25.9 Å². The van der Waals surface area contributed by atoms with E-state index in [-0.39, 0.29) is 11.7 Å². The van der Waals surface area contributed by atoms with Crippen molar-refractivity contribution in [3.63, 3.8) is 0 Å². The molecule has 0 aliphatic carbocycles. The van der Waals surface area contributed by atoms with Crippen LogP contribution in [0, 0.1) is 5.92 Å². The van der Waals surface area contributed by atoms with E-state index in [1.165, 1.54) is 13.3 Å². The average Bonchev–Trinajstić information content (AvgIpc) is 2.30. The zero-order chi connectivity index (χ0) is 12.0. The van der Waals surface area contributed by atoms with Crippen molar-refractivity contribution < 1.29 is 9.59 Å². The molecule has 0 aromatic heterocycles. The SMILES string of the molecule is C/C=C/CC(C(C)=O)C(=O)N1CCCCC1. The molecule has 0 radical (unpaired) electrons. The number of piperidine rings is 1. The molecule has 1 aliphatic heterocycles. The van der Waals surface area contributed by atoms with E-state index in [1.807, 2.05) is 24.0 Å². The summed E-state index contributed by atoms with van der Waals surface area (Å²) in [6, 6.07) is 0. The van der Waals surface area contributed by atoms with Gasteiger partial charge in [-0.3, -0.25) is 9.59 Å². The number of allylic oxidation sites excluding steroid dienone is 2. The molecule has 1 heterocycles. The molecule has 0 aromatic rings. The van der Waals surface area contributed by atoms with Crippen molar-refractivity contribution in [3.8, 4) is 0 Å². The molecule has 3 heteroatoms. The Balaban J connectivity index is 2.61. The largest absolute Gasteiger partial charge is 0.342 e. The van der Waals surface area contributed by atoms with Gasteiger partial charge in [-0.1, -0.05) is 12.2 Å². The highest BCUT2D eigenvalue weighted by Crippen LogP contribution is 2.15. The maximum atomic E-state index is 12.1. The van der Waals surface area contributed by atoms with Crippen LogP contribution in [-0.4, -0.2) is 29.7 Å². The quantitative estimate of drug-likeness (QED) is 0.541. The van der Waals surface area contributed by atoms with Crippen LogP contribution in [0.4, 0.5) is 0 Å². The number of carbonyl (C=O) groups is 2. The Kier molecular flexibility index (Phi) is 5.23. The summed E-state index contributed by atoms with van der Waals surface area (Å²) in [7, 11) is 0. The molecule has 1 fully saturated rings. The summed E-state index contributed by atoms with van der Waals surface area (Å²) in [5.74, 6) is -0.465. The fraction of sp³-hybridized carbons (Fsp3) is 0.692. The van der Waals surface area contributed by atoms with Gasteiger partial charge in [0.15, 0.2) is 0 Å². The molecule has 3 nitrogen and oxygen atoms in total. The standard InChI is InChI=1S/C13H21NO2/c1-3-4-8-12(11(2)15)13(16)14-9-6-5-7-10-14/h3-4,12H,5-10H2,1-2H3/b4-3+. The zero-order valence-corrected chi connectivity index (χ0v) is 10.2. The zero-order valence-electron chi connectivity index (χ0n) is 10.2. The summed E-state index contributed by atoms with van der Waals surface area (Å²) in [6.07, 6.45) is 7.66. The molecule has 0 aromatic carbocycles. The molecule has 1 saturated heterocycles. The summed E-state index contributed by atoms with van der Waals surface area (Å²) < 4.78 is 0. The molecule has 0 bridgehead atoms. The number of Topliss-reactive ketones (excluding diaryl/α,β-unsaturated/α-hetero) is 1. The first-order valence-corrected chi connectivity index (χ1v) is 6.07. The molecule has 1 unspecified atom stereocenters. The van der Waals surface area contributed by atoms with Gasteiger partial charge >= 0.3 is 0 Å². The van der Waals surface area contributed by atoms with Gasteiger partial charge in [0.25, 0.3) is 0 Å². The summed E-state index contributed by atoms with van der Waals surface area (Å²) >= 11 is 0. The Morgan fingerprint density at radius 1 is 1.25 bits per heavy atom. The van der Waals surface area contributed by atoms with Gasteiger partial charge in [0.05, 0.1) is 5.92 Å². The second-order valence-electron chi connectivity index (χ2n) is 4.35. The smallest absolute Gasteiger partial charge is 0.233 e. The first-order chi connectivity index (χ1) is 7.66. The molecule has 0 saturated carbocycles. The number of hydrogen-bond acceptors (Lipinski definition) is 2. The Morgan fingerprint density at radius 2 is 1.88 bits per heavy atom. The van der Waals surface area contributed by atoms with Crippen molar-refractivity contribution in [2.24, 2.45) is 5.92 Å². The maximum absolute atomic E-state index is 12.1. The lowest BCUT2D eigenvalue weighted by Gasteiger charge is -2.29. The van der Waals surface area contributed by atoms with E-state index in [2.05, 4.69) is 0 Å². The number of rotatable bonds is 4. The van der Waals surface area contributed by atoms with E-state index in [1.54, 1.807) is 0 Å². The van der Waals surface area contributed by atoms with Crippen LogP contribution in [-0.2, 0) is 9.59 Å². The number of hydrogen-bond donors (Lipinski definition) is 0. The van der Waals surface area contributed by atoms with Crippen molar-refractivity contribution in [2.45, 2.75) is 39.5 Å². The van der Waals surface area contributed by atoms with Gasteiger partial charge in [-0.2, -0.15) is 0 Å². The second-order valence-corrected chi connectivity index (χ2v) is 4.35. The lowest BCUT2D eigenvalue weighted by atomic mass is 9.97. The topological polar surface area (TPSA) is 37.4 Å². The molecule has 90 valence electrons. The van der Waals surface area contributed by atoms with E-state index < -0.39 is 5.92 Å². The van der Waals surface area contributed by atoms with Crippen LogP contribution >= 0.6 is 0 Å². The normalized spacial score (nSPS) is 18.8. The number of carbonyl (C=O) groups excluding carboxylic acids is 2. The van der Waals surface area contributed by atoms with Crippen molar-refractivity contribution in [1.82, 2.24) is 4.90 Å². The van der Waals surface area contributed by atoms with Gasteiger partial charge in [-0.25, -0.2) is 0 Å². The van der Waals surface area contributed by atoms with Gasteiger partial charge in [-0.15, -0.1) is 0 Å². The molecular formula is C13H21NO2. The van der Waals surface area contributed by atoms with Crippen LogP contribution in [0.3, 0.4) is 0 Å². The van der Waals surface area contributed by atoms with Crippen LogP contribution < -0.4 is 0 Å². The van der Waals surface area contributed by atoms with Crippen molar-refractivity contribution in [2.75, 3.05) is 13.1 Å². The van der Waals surface area contributed by atoms with E-state index in [9.17, 15) is 9.59 Å². The fourth-order valence-corrected chi connectivity index (χ4v) is 2.05. The van der Waals surface area contributed by atoms with Gasteiger partial charge in [0.1, 0.15) is 5.78 Å².